The molecule has 6 heteroatoms. The first-order chi connectivity index (χ1) is 9.06. The minimum atomic E-state index is -0.0576. The van der Waals surface area contributed by atoms with Crippen LogP contribution in [-0.2, 0) is 4.79 Å². The number of hydrogen-bond acceptors (Lipinski definition) is 3. The van der Waals surface area contributed by atoms with E-state index in [9.17, 15) is 9.59 Å². The van der Waals surface area contributed by atoms with Gasteiger partial charge in [0.15, 0.2) is 0 Å². The molecule has 2 aliphatic rings. The lowest BCUT2D eigenvalue weighted by Gasteiger charge is -2.17. The van der Waals surface area contributed by atoms with Crippen LogP contribution in [0, 0.1) is 0 Å². The molecule has 108 valence electrons. The number of nitrogens with one attached hydrogen (secondary N) is 4. The Morgan fingerprint density at radius 1 is 1.37 bits per heavy atom. The van der Waals surface area contributed by atoms with Gasteiger partial charge >= 0.3 is 6.03 Å². The molecule has 0 aliphatic carbocycles. The lowest BCUT2D eigenvalue weighted by Crippen LogP contribution is -2.40. The highest BCUT2D eigenvalue weighted by Gasteiger charge is 2.41. The number of amides is 3. The Morgan fingerprint density at radius 2 is 2.16 bits per heavy atom. The van der Waals surface area contributed by atoms with Gasteiger partial charge < -0.3 is 21.3 Å². The Kier molecular flexibility index (Phi) is 4.63. The topological polar surface area (TPSA) is 82.3 Å². The van der Waals surface area contributed by atoms with Crippen LogP contribution in [0.15, 0.2) is 0 Å². The van der Waals surface area contributed by atoms with E-state index < -0.39 is 0 Å². The standard InChI is InChI=1S/C13H24N4O2/c1-8(2)15-11(18)6-4-3-5-9-12-10(7-14-9)16-13(19)17-12/h8-10,12,14H,3-7H2,1-2H3,(H,15,18)(H2,16,17,19). The lowest BCUT2D eigenvalue weighted by molar-refractivity contribution is -0.121. The van der Waals surface area contributed by atoms with Gasteiger partial charge in [0, 0.05) is 25.0 Å². The summed E-state index contributed by atoms with van der Waals surface area (Å²) in [6.07, 6.45) is 3.49. The minimum absolute atomic E-state index is 0.0576. The van der Waals surface area contributed by atoms with Gasteiger partial charge in [-0.15, -0.1) is 0 Å². The Bertz CT molecular complexity index is 346. The molecule has 0 saturated carbocycles. The SMILES string of the molecule is CC(C)NC(=O)CCCCC1NCC2NC(=O)NC12. The van der Waals surface area contributed by atoms with Crippen LogP contribution in [0.4, 0.5) is 4.79 Å². The van der Waals surface area contributed by atoms with Crippen molar-refractivity contribution < 1.29 is 9.59 Å². The molecule has 3 atom stereocenters. The first-order valence-corrected chi connectivity index (χ1v) is 7.16. The van der Waals surface area contributed by atoms with Crippen molar-refractivity contribution in [1.82, 2.24) is 21.3 Å². The van der Waals surface area contributed by atoms with Gasteiger partial charge in [0.05, 0.1) is 12.1 Å². The zero-order valence-corrected chi connectivity index (χ0v) is 11.7. The monoisotopic (exact) mass is 268 g/mol. The van der Waals surface area contributed by atoms with E-state index in [2.05, 4.69) is 21.3 Å². The van der Waals surface area contributed by atoms with E-state index in [0.29, 0.717) is 12.5 Å². The summed E-state index contributed by atoms with van der Waals surface area (Å²) in [5.41, 5.74) is 0. The number of unbranched alkanes of at least 4 members (excludes halogenated alkanes) is 1. The fourth-order valence-electron chi connectivity index (χ4n) is 2.84. The smallest absolute Gasteiger partial charge is 0.315 e. The minimum Gasteiger partial charge on any atom is -0.354 e. The predicted octanol–water partition coefficient (Wildman–Crippen LogP) is 0.0932. The molecule has 2 saturated heterocycles. The van der Waals surface area contributed by atoms with E-state index in [1.54, 1.807) is 0 Å². The Labute approximate surface area is 114 Å². The van der Waals surface area contributed by atoms with Crippen LogP contribution in [0.3, 0.4) is 0 Å². The molecular weight excluding hydrogens is 244 g/mol. The molecule has 4 N–H and O–H groups in total. The average Bonchev–Trinajstić information content (AvgIpc) is 2.83. The highest BCUT2D eigenvalue weighted by atomic mass is 16.2. The van der Waals surface area contributed by atoms with Crippen LogP contribution in [0.25, 0.3) is 0 Å². The van der Waals surface area contributed by atoms with E-state index >= 15 is 0 Å². The van der Waals surface area contributed by atoms with Gasteiger partial charge in [-0.25, -0.2) is 4.79 Å². The number of hydrogen-bond donors (Lipinski definition) is 4. The molecule has 0 aromatic carbocycles. The van der Waals surface area contributed by atoms with Crippen molar-refractivity contribution in [2.75, 3.05) is 6.54 Å². The van der Waals surface area contributed by atoms with Crippen LogP contribution in [0.5, 0.6) is 0 Å². The highest BCUT2D eigenvalue weighted by Crippen LogP contribution is 2.17. The molecule has 3 amide bonds. The van der Waals surface area contributed by atoms with Crippen LogP contribution in [0.1, 0.15) is 39.5 Å². The molecule has 6 nitrogen and oxygen atoms in total. The first kappa shape index (κ1) is 14.1. The molecular formula is C13H24N4O2. The molecule has 19 heavy (non-hydrogen) atoms. The summed E-state index contributed by atoms with van der Waals surface area (Å²) in [6, 6.07) is 0.915. The largest absolute Gasteiger partial charge is 0.354 e. The summed E-state index contributed by atoms with van der Waals surface area (Å²) in [5.74, 6) is 0.128. The van der Waals surface area contributed by atoms with Gasteiger partial charge in [0.25, 0.3) is 0 Å². The molecule has 0 aromatic heterocycles. The van der Waals surface area contributed by atoms with Gasteiger partial charge in [0.1, 0.15) is 0 Å². The van der Waals surface area contributed by atoms with Crippen molar-refractivity contribution in [3.8, 4) is 0 Å². The summed E-state index contributed by atoms with van der Waals surface area (Å²) in [5, 5.41) is 12.2. The number of fused-ring (bicyclic) bond motifs is 1. The Hall–Kier alpha value is -1.30. The third-order valence-electron chi connectivity index (χ3n) is 3.70. The molecule has 3 unspecified atom stereocenters. The molecule has 0 radical (unpaired) electrons. The fourth-order valence-corrected chi connectivity index (χ4v) is 2.84. The van der Waals surface area contributed by atoms with E-state index in [1.165, 1.54) is 0 Å². The zero-order valence-electron chi connectivity index (χ0n) is 11.7. The highest BCUT2D eigenvalue weighted by molar-refractivity contribution is 5.78. The third kappa shape index (κ3) is 3.83. The molecule has 0 aromatic rings. The summed E-state index contributed by atoms with van der Waals surface area (Å²) >= 11 is 0. The molecule has 2 fully saturated rings. The second-order valence-electron chi connectivity index (χ2n) is 5.73. The van der Waals surface area contributed by atoms with Crippen LogP contribution < -0.4 is 21.3 Å². The maximum atomic E-state index is 11.5. The summed E-state index contributed by atoms with van der Waals surface area (Å²) < 4.78 is 0. The van der Waals surface area contributed by atoms with Gasteiger partial charge in [-0.05, 0) is 26.7 Å². The molecule has 0 bridgehead atoms. The molecule has 2 heterocycles. The second kappa shape index (κ2) is 6.23. The van der Waals surface area contributed by atoms with Crippen molar-refractivity contribution in [3.63, 3.8) is 0 Å². The predicted molar refractivity (Wildman–Crippen MR) is 72.8 cm³/mol. The third-order valence-corrected chi connectivity index (χ3v) is 3.70. The fraction of sp³-hybridized carbons (Fsp3) is 0.846. The van der Waals surface area contributed by atoms with E-state index in [-0.39, 0.29) is 30.1 Å². The maximum Gasteiger partial charge on any atom is 0.315 e. The molecule has 2 aliphatic heterocycles. The molecule has 0 spiro atoms. The quantitative estimate of drug-likeness (QED) is 0.515. The van der Waals surface area contributed by atoms with Crippen LogP contribution >= 0.6 is 0 Å². The number of carbonyl (C=O) groups is 2. The van der Waals surface area contributed by atoms with E-state index in [4.69, 9.17) is 0 Å². The van der Waals surface area contributed by atoms with Crippen LogP contribution in [0.2, 0.25) is 0 Å². The van der Waals surface area contributed by atoms with Crippen molar-refractivity contribution in [2.45, 2.75) is 63.7 Å². The number of urea groups is 1. The Balaban J connectivity index is 1.61. The van der Waals surface area contributed by atoms with E-state index in [0.717, 1.165) is 25.8 Å². The average molecular weight is 268 g/mol. The number of carbonyl (C=O) groups excluding carboxylic acids is 2. The van der Waals surface area contributed by atoms with Gasteiger partial charge in [-0.3, -0.25) is 4.79 Å². The summed E-state index contributed by atoms with van der Waals surface area (Å²) in [4.78, 5) is 22.7. The second-order valence-corrected chi connectivity index (χ2v) is 5.73. The maximum absolute atomic E-state index is 11.5. The first-order valence-electron chi connectivity index (χ1n) is 7.16. The summed E-state index contributed by atoms with van der Waals surface area (Å²) in [6.45, 7) is 4.77. The molecule has 2 rings (SSSR count). The van der Waals surface area contributed by atoms with Gasteiger partial charge in [-0.1, -0.05) is 6.42 Å². The zero-order chi connectivity index (χ0) is 13.8. The normalized spacial score (nSPS) is 29.0. The van der Waals surface area contributed by atoms with Crippen molar-refractivity contribution in [3.05, 3.63) is 0 Å². The lowest BCUT2D eigenvalue weighted by atomic mass is 10.0. The van der Waals surface area contributed by atoms with Crippen molar-refractivity contribution in [2.24, 2.45) is 0 Å². The van der Waals surface area contributed by atoms with Gasteiger partial charge in [-0.2, -0.15) is 0 Å². The van der Waals surface area contributed by atoms with E-state index in [1.807, 2.05) is 13.8 Å². The van der Waals surface area contributed by atoms with Crippen LogP contribution in [-0.4, -0.2) is 42.7 Å². The summed E-state index contributed by atoms with van der Waals surface area (Å²) in [7, 11) is 0. The van der Waals surface area contributed by atoms with Crippen molar-refractivity contribution >= 4 is 11.9 Å². The number of rotatable bonds is 6. The van der Waals surface area contributed by atoms with Crippen molar-refractivity contribution in [1.29, 1.82) is 0 Å². The Morgan fingerprint density at radius 3 is 2.89 bits per heavy atom. The van der Waals surface area contributed by atoms with Gasteiger partial charge in [0.2, 0.25) is 5.91 Å².